The molecule has 0 radical (unpaired) electrons. The Labute approximate surface area is 156 Å². The lowest BCUT2D eigenvalue weighted by Crippen LogP contribution is -2.40. The van der Waals surface area contributed by atoms with Crippen molar-refractivity contribution in [1.82, 2.24) is 20.2 Å². The minimum absolute atomic E-state index is 0.0256. The summed E-state index contributed by atoms with van der Waals surface area (Å²) in [5, 5.41) is 24.3. The van der Waals surface area contributed by atoms with Crippen LogP contribution in [-0.4, -0.2) is 46.5 Å². The Bertz CT molecular complexity index is 841. The first-order chi connectivity index (χ1) is 12.8. The average Bonchev–Trinajstić information content (AvgIpc) is 2.64. The van der Waals surface area contributed by atoms with Crippen LogP contribution in [-0.2, 0) is 7.05 Å². The van der Waals surface area contributed by atoms with Gasteiger partial charge in [0.1, 0.15) is 0 Å². The van der Waals surface area contributed by atoms with Crippen LogP contribution >= 0.6 is 0 Å². The molecule has 10 heteroatoms. The summed E-state index contributed by atoms with van der Waals surface area (Å²) < 4.78 is 1.16. The molecule has 10 nitrogen and oxygen atoms in total. The van der Waals surface area contributed by atoms with E-state index in [-0.39, 0.29) is 11.2 Å². The Balaban J connectivity index is 2.58. The second kappa shape index (κ2) is 8.21. The van der Waals surface area contributed by atoms with Gasteiger partial charge in [-0.05, 0) is 23.4 Å². The molecule has 0 aliphatic heterocycles. The molecule has 1 heterocycles. The maximum atomic E-state index is 12.5. The Morgan fingerprint density at radius 1 is 1.52 bits per heavy atom. The zero-order chi connectivity index (χ0) is 20.2. The highest BCUT2D eigenvalue weighted by atomic mass is 16.3. The number of aliphatic hydroxyl groups is 1. The normalized spacial score (nSPS) is 16.8. The van der Waals surface area contributed by atoms with Crippen LogP contribution in [0.15, 0.2) is 16.0 Å². The van der Waals surface area contributed by atoms with Gasteiger partial charge in [0, 0.05) is 20.3 Å². The number of amides is 1. The molecule has 2 rings (SSSR count). The lowest BCUT2D eigenvalue weighted by molar-refractivity contribution is 0.0929. The standard InChI is InChI=1S/C17H24N6O4/c1-17(5-4-6-17)7-11(19-2)14-21-12(13(22-27)16(26)23(14)3)15(25)20-10(8-18)9-24/h7-8,10,18-19,24H,4-6,9H2,1-3H3,(H,20,25)/b11-7-,18-8?. The van der Waals surface area contributed by atoms with Crippen LogP contribution in [0.5, 0.6) is 0 Å². The van der Waals surface area contributed by atoms with Gasteiger partial charge < -0.3 is 21.1 Å². The first-order valence-electron chi connectivity index (χ1n) is 8.58. The second-order valence-corrected chi connectivity index (χ2v) is 6.83. The van der Waals surface area contributed by atoms with E-state index >= 15 is 0 Å². The Morgan fingerprint density at radius 2 is 2.19 bits per heavy atom. The maximum absolute atomic E-state index is 12.5. The van der Waals surface area contributed by atoms with Crippen LogP contribution in [0.2, 0.25) is 0 Å². The van der Waals surface area contributed by atoms with Crippen LogP contribution in [0.1, 0.15) is 42.5 Å². The number of nitroso groups, excluding NO2 is 1. The molecule has 1 amide bonds. The van der Waals surface area contributed by atoms with Gasteiger partial charge in [-0.25, -0.2) is 4.98 Å². The van der Waals surface area contributed by atoms with E-state index in [9.17, 15) is 14.5 Å². The van der Waals surface area contributed by atoms with Gasteiger partial charge in [-0.2, -0.15) is 0 Å². The van der Waals surface area contributed by atoms with Crippen LogP contribution in [0.4, 0.5) is 5.69 Å². The molecule has 1 fully saturated rings. The number of aromatic nitrogens is 2. The number of carbonyl (C=O) groups excluding carboxylic acids is 1. The summed E-state index contributed by atoms with van der Waals surface area (Å²) in [7, 11) is 3.13. The first-order valence-corrected chi connectivity index (χ1v) is 8.58. The molecular weight excluding hydrogens is 352 g/mol. The highest BCUT2D eigenvalue weighted by Gasteiger charge is 2.31. The van der Waals surface area contributed by atoms with Gasteiger partial charge in [-0.15, -0.1) is 4.91 Å². The predicted octanol–water partition coefficient (Wildman–Crippen LogP) is 0.669. The fourth-order valence-corrected chi connectivity index (χ4v) is 2.92. The molecule has 0 saturated heterocycles. The summed E-state index contributed by atoms with van der Waals surface area (Å²) >= 11 is 0. The van der Waals surface area contributed by atoms with E-state index < -0.39 is 35.5 Å². The SMILES string of the molecule is CN/C(=C\C1(C)CCC1)c1nc(C(=O)NC(C=N)CO)c(N=O)c(=O)n1C. The van der Waals surface area contributed by atoms with E-state index in [1.165, 1.54) is 7.05 Å². The Morgan fingerprint density at radius 3 is 2.63 bits per heavy atom. The lowest BCUT2D eigenvalue weighted by Gasteiger charge is -2.36. The van der Waals surface area contributed by atoms with Gasteiger partial charge in [0.05, 0.1) is 18.3 Å². The fourth-order valence-electron chi connectivity index (χ4n) is 2.92. The topological polar surface area (TPSA) is 150 Å². The summed E-state index contributed by atoms with van der Waals surface area (Å²) in [6, 6.07) is -0.959. The number of allylic oxidation sites excluding steroid dienone is 1. The summed E-state index contributed by atoms with van der Waals surface area (Å²) in [5.74, 6) is -0.667. The molecule has 1 saturated carbocycles. The number of nitrogens with one attached hydrogen (secondary N) is 3. The average molecular weight is 376 g/mol. The smallest absolute Gasteiger partial charge is 0.283 e. The first kappa shape index (κ1) is 20.4. The van der Waals surface area contributed by atoms with Gasteiger partial charge in [-0.3, -0.25) is 14.2 Å². The van der Waals surface area contributed by atoms with Crippen LogP contribution in [0.25, 0.3) is 5.70 Å². The molecule has 1 aliphatic rings. The molecule has 0 bridgehead atoms. The molecule has 1 atom stereocenters. The van der Waals surface area contributed by atoms with Crippen molar-refractivity contribution in [1.29, 1.82) is 5.41 Å². The zero-order valence-corrected chi connectivity index (χ0v) is 15.6. The quantitative estimate of drug-likeness (QED) is 0.387. The summed E-state index contributed by atoms with van der Waals surface area (Å²) in [4.78, 5) is 40.4. The van der Waals surface area contributed by atoms with Crippen molar-refractivity contribution in [3.63, 3.8) is 0 Å². The van der Waals surface area contributed by atoms with Gasteiger partial charge in [0.15, 0.2) is 11.5 Å². The summed E-state index contributed by atoms with van der Waals surface area (Å²) in [5.41, 5.74) is -1.28. The number of hydrogen-bond donors (Lipinski definition) is 4. The molecule has 27 heavy (non-hydrogen) atoms. The number of aliphatic hydroxyl groups excluding tert-OH is 1. The highest BCUT2D eigenvalue weighted by Crippen LogP contribution is 2.42. The zero-order valence-electron chi connectivity index (χ0n) is 15.6. The van der Waals surface area contributed by atoms with Crippen LogP contribution in [0.3, 0.4) is 0 Å². The van der Waals surface area contributed by atoms with Crippen molar-refractivity contribution in [2.75, 3.05) is 13.7 Å². The fraction of sp³-hybridized carbons (Fsp3) is 0.529. The van der Waals surface area contributed by atoms with E-state index in [0.717, 1.165) is 30.0 Å². The van der Waals surface area contributed by atoms with E-state index in [2.05, 4.69) is 27.7 Å². The Kier molecular flexibility index (Phi) is 6.21. The van der Waals surface area contributed by atoms with Crippen LogP contribution in [0, 0.1) is 15.7 Å². The number of carbonyl (C=O) groups is 1. The molecule has 1 aliphatic carbocycles. The number of nitrogens with zero attached hydrogens (tertiary/aromatic N) is 3. The molecule has 4 N–H and O–H groups in total. The molecule has 0 aromatic carbocycles. The van der Waals surface area contributed by atoms with Crippen molar-refractivity contribution in [2.24, 2.45) is 17.6 Å². The summed E-state index contributed by atoms with van der Waals surface area (Å²) in [6.07, 6.45) is 5.94. The molecule has 1 aromatic heterocycles. The third-order valence-corrected chi connectivity index (χ3v) is 4.79. The van der Waals surface area contributed by atoms with E-state index in [4.69, 9.17) is 10.5 Å². The van der Waals surface area contributed by atoms with E-state index in [0.29, 0.717) is 5.70 Å². The summed E-state index contributed by atoms with van der Waals surface area (Å²) in [6.45, 7) is 1.59. The van der Waals surface area contributed by atoms with Gasteiger partial charge >= 0.3 is 0 Å². The molecule has 0 spiro atoms. The Hall–Kier alpha value is -2.88. The van der Waals surface area contributed by atoms with Crippen molar-refractivity contribution in [3.8, 4) is 0 Å². The maximum Gasteiger partial charge on any atom is 0.283 e. The van der Waals surface area contributed by atoms with Crippen molar-refractivity contribution in [2.45, 2.75) is 32.2 Å². The van der Waals surface area contributed by atoms with E-state index in [1.54, 1.807) is 7.05 Å². The number of rotatable bonds is 8. The third kappa shape index (κ3) is 4.11. The molecule has 146 valence electrons. The van der Waals surface area contributed by atoms with Gasteiger partial charge in [0.25, 0.3) is 11.5 Å². The number of hydrogen-bond acceptors (Lipinski definition) is 8. The molecule has 1 unspecified atom stereocenters. The largest absolute Gasteiger partial charge is 0.394 e. The minimum Gasteiger partial charge on any atom is -0.394 e. The van der Waals surface area contributed by atoms with Crippen molar-refractivity contribution >= 4 is 23.5 Å². The third-order valence-electron chi connectivity index (χ3n) is 4.79. The second-order valence-electron chi connectivity index (χ2n) is 6.83. The van der Waals surface area contributed by atoms with Crippen molar-refractivity contribution < 1.29 is 9.90 Å². The lowest BCUT2D eigenvalue weighted by atomic mass is 9.70. The monoisotopic (exact) mass is 376 g/mol. The molecular formula is C17H24N6O4. The van der Waals surface area contributed by atoms with Gasteiger partial charge in [0.2, 0.25) is 5.69 Å². The van der Waals surface area contributed by atoms with E-state index in [1.807, 2.05) is 6.08 Å². The predicted molar refractivity (Wildman–Crippen MR) is 101 cm³/mol. The highest BCUT2D eigenvalue weighted by molar-refractivity contribution is 5.98. The minimum atomic E-state index is -0.959. The van der Waals surface area contributed by atoms with Crippen molar-refractivity contribution in [3.05, 3.63) is 32.9 Å². The van der Waals surface area contributed by atoms with Crippen LogP contribution < -0.4 is 16.2 Å². The molecule has 1 aromatic rings. The van der Waals surface area contributed by atoms with Gasteiger partial charge in [-0.1, -0.05) is 19.4 Å².